The number of fused-ring (bicyclic) bond motifs is 1. The molecular formula is C12H12ClF3S. The van der Waals surface area contributed by atoms with Crippen molar-refractivity contribution in [2.75, 3.05) is 0 Å². The van der Waals surface area contributed by atoms with Gasteiger partial charge in [-0.15, -0.1) is 13.2 Å². The van der Waals surface area contributed by atoms with E-state index in [0.717, 1.165) is 17.4 Å². The van der Waals surface area contributed by atoms with Crippen molar-refractivity contribution in [3.05, 3.63) is 34.7 Å². The van der Waals surface area contributed by atoms with Gasteiger partial charge in [0.1, 0.15) is 0 Å². The normalized spacial score (nSPS) is 12.6. The Morgan fingerprint density at radius 1 is 1.18 bits per heavy atom. The van der Waals surface area contributed by atoms with Crippen molar-refractivity contribution >= 4 is 20.6 Å². The van der Waals surface area contributed by atoms with Crippen molar-refractivity contribution < 1.29 is 25.6 Å². The van der Waals surface area contributed by atoms with Gasteiger partial charge < -0.3 is 12.4 Å². The minimum atomic E-state index is -4.15. The molecule has 0 radical (unpaired) electrons. The lowest BCUT2D eigenvalue weighted by Gasteiger charge is -1.98. The van der Waals surface area contributed by atoms with Crippen LogP contribution in [0.15, 0.2) is 24.3 Å². The maximum atomic E-state index is 12.8. The highest BCUT2D eigenvalue weighted by Gasteiger charge is 2.46. The molecule has 1 heterocycles. The van der Waals surface area contributed by atoms with Gasteiger partial charge >= 0.3 is 5.51 Å². The molecule has 0 N–H and O–H groups in total. The standard InChI is InChI=1S/C12H12F3S.ClH/c1-3-9-4-5-11-10(7-9)6-8(2)16(11)12(13,14)15;/h4-7H,3H2,1-2H3;1H/q+1;/p-1. The number of hydrogen-bond donors (Lipinski definition) is 0. The predicted molar refractivity (Wildman–Crippen MR) is 61.8 cm³/mol. The highest BCUT2D eigenvalue weighted by atomic mass is 35.5. The molecule has 2 aromatic rings. The highest BCUT2D eigenvalue weighted by molar-refractivity contribution is 7.38. The fourth-order valence-corrected chi connectivity index (χ4v) is 3.64. The van der Waals surface area contributed by atoms with Gasteiger partial charge in [0, 0.05) is 18.4 Å². The summed E-state index contributed by atoms with van der Waals surface area (Å²) in [4.78, 5) is 0.413. The molecule has 0 amide bonds. The molecule has 1 aromatic heterocycles. The summed E-state index contributed by atoms with van der Waals surface area (Å²) in [5.41, 5.74) is -3.07. The predicted octanol–water partition coefficient (Wildman–Crippen LogP) is 1.94. The maximum Gasteiger partial charge on any atom is 0.600 e. The average molecular weight is 281 g/mol. The molecule has 0 saturated heterocycles. The van der Waals surface area contributed by atoms with Crippen molar-refractivity contribution in [3.63, 3.8) is 0 Å². The van der Waals surface area contributed by atoms with E-state index in [9.17, 15) is 13.2 Å². The summed E-state index contributed by atoms with van der Waals surface area (Å²) in [5.74, 6) is 0. The van der Waals surface area contributed by atoms with Gasteiger partial charge in [0.2, 0.25) is 0 Å². The van der Waals surface area contributed by atoms with E-state index in [0.29, 0.717) is 9.58 Å². The Morgan fingerprint density at radius 2 is 1.82 bits per heavy atom. The van der Waals surface area contributed by atoms with Gasteiger partial charge in [-0.3, -0.25) is 0 Å². The van der Waals surface area contributed by atoms with Gasteiger partial charge in [-0.25, -0.2) is 0 Å². The smallest absolute Gasteiger partial charge is 0.600 e. The van der Waals surface area contributed by atoms with Crippen molar-refractivity contribution in [1.29, 1.82) is 0 Å². The van der Waals surface area contributed by atoms with Crippen molar-refractivity contribution in [2.45, 2.75) is 25.8 Å². The van der Waals surface area contributed by atoms with Crippen LogP contribution in [0.4, 0.5) is 13.2 Å². The summed E-state index contributed by atoms with van der Waals surface area (Å²) in [6.07, 6.45) is 0.847. The van der Waals surface area contributed by atoms with Crippen LogP contribution in [0.1, 0.15) is 17.4 Å². The molecule has 0 aliphatic rings. The summed E-state index contributed by atoms with van der Waals surface area (Å²) < 4.78 is 39.0. The zero-order valence-electron chi connectivity index (χ0n) is 9.44. The third kappa shape index (κ3) is 2.58. The molecule has 0 bridgehead atoms. The molecule has 0 aliphatic carbocycles. The van der Waals surface area contributed by atoms with E-state index >= 15 is 0 Å². The Hall–Kier alpha value is -0.740. The van der Waals surface area contributed by atoms with Crippen molar-refractivity contribution in [1.82, 2.24) is 0 Å². The number of benzene rings is 1. The molecule has 1 unspecified atom stereocenters. The summed E-state index contributed by atoms with van der Waals surface area (Å²) in [5, 5.41) is 0.734. The molecule has 0 aliphatic heterocycles. The van der Waals surface area contributed by atoms with Gasteiger partial charge in [-0.05, 0) is 24.1 Å². The first-order chi connectivity index (χ1) is 7.43. The first-order valence-electron chi connectivity index (χ1n) is 5.06. The molecule has 1 atom stereocenters. The molecule has 17 heavy (non-hydrogen) atoms. The van der Waals surface area contributed by atoms with Crippen LogP contribution in [0.2, 0.25) is 0 Å². The third-order valence-electron chi connectivity index (χ3n) is 2.61. The van der Waals surface area contributed by atoms with Crippen LogP contribution in [0.25, 0.3) is 10.1 Å². The number of thiophene rings is 1. The van der Waals surface area contributed by atoms with Crippen LogP contribution in [0, 0.1) is 6.92 Å². The topological polar surface area (TPSA) is 0 Å². The molecule has 2 rings (SSSR count). The lowest BCUT2D eigenvalue weighted by atomic mass is 10.1. The first-order valence-corrected chi connectivity index (χ1v) is 6.28. The summed E-state index contributed by atoms with van der Waals surface area (Å²) in [7, 11) is -1.71. The molecule has 1 aromatic carbocycles. The van der Waals surface area contributed by atoms with Gasteiger partial charge in [0.25, 0.3) is 0 Å². The monoisotopic (exact) mass is 280 g/mol. The average Bonchev–Trinajstić information content (AvgIpc) is 2.51. The van der Waals surface area contributed by atoms with E-state index in [4.69, 9.17) is 0 Å². The zero-order chi connectivity index (χ0) is 11.9. The SMILES string of the molecule is CCc1ccc2c(c1)cc(C)[s+]2C(F)(F)F.[Cl-]. The quantitative estimate of drug-likeness (QED) is 0.701. The first kappa shape index (κ1) is 14.3. The van der Waals surface area contributed by atoms with Crippen LogP contribution >= 0.6 is 10.5 Å². The number of aryl methyl sites for hydroxylation is 2. The van der Waals surface area contributed by atoms with Crippen LogP contribution in [-0.2, 0) is 11.9 Å². The number of alkyl halides is 3. The number of halogens is 4. The Labute approximate surface area is 107 Å². The molecule has 0 spiro atoms. The fraction of sp³-hybridized carbons (Fsp3) is 0.333. The van der Waals surface area contributed by atoms with E-state index in [1.807, 2.05) is 13.0 Å². The Kier molecular flexibility index (Phi) is 4.10. The Morgan fingerprint density at radius 3 is 2.35 bits per heavy atom. The second-order valence-corrected chi connectivity index (χ2v) is 5.89. The Bertz CT molecular complexity index is 528. The largest absolute Gasteiger partial charge is 1.00 e. The molecule has 0 nitrogen and oxygen atoms in total. The van der Waals surface area contributed by atoms with Gasteiger partial charge in [0.15, 0.2) is 9.58 Å². The van der Waals surface area contributed by atoms with Crippen molar-refractivity contribution in [2.24, 2.45) is 0 Å². The van der Waals surface area contributed by atoms with Crippen molar-refractivity contribution in [3.8, 4) is 0 Å². The van der Waals surface area contributed by atoms with E-state index in [2.05, 4.69) is 0 Å². The molecule has 5 heteroatoms. The third-order valence-corrected chi connectivity index (χ3v) is 4.65. The molecule has 0 saturated carbocycles. The zero-order valence-corrected chi connectivity index (χ0v) is 11.0. The number of hydrogen-bond acceptors (Lipinski definition) is 0. The Balaban J connectivity index is 0.00000144. The van der Waals surface area contributed by atoms with Crippen LogP contribution < -0.4 is 12.4 Å². The van der Waals surface area contributed by atoms with E-state index in [1.165, 1.54) is 0 Å². The van der Waals surface area contributed by atoms with Crippen LogP contribution in [0.5, 0.6) is 0 Å². The second-order valence-electron chi connectivity index (χ2n) is 3.73. The van der Waals surface area contributed by atoms with E-state index < -0.39 is 16.0 Å². The summed E-state index contributed by atoms with van der Waals surface area (Å²) >= 11 is 0. The molecule has 94 valence electrons. The second kappa shape index (κ2) is 4.86. The van der Waals surface area contributed by atoms with Gasteiger partial charge in [-0.2, -0.15) is 0 Å². The minimum absolute atomic E-state index is 0. The minimum Gasteiger partial charge on any atom is -1.00 e. The maximum absolute atomic E-state index is 12.8. The van der Waals surface area contributed by atoms with Crippen LogP contribution in [0.3, 0.4) is 0 Å². The number of rotatable bonds is 1. The van der Waals surface area contributed by atoms with Crippen LogP contribution in [-0.4, -0.2) is 0 Å². The van der Waals surface area contributed by atoms with E-state index in [1.54, 1.807) is 25.1 Å². The summed E-state index contributed by atoms with van der Waals surface area (Å²) in [6.45, 7) is 3.55. The molecule has 0 fully saturated rings. The lowest BCUT2D eigenvalue weighted by Crippen LogP contribution is -3.00. The van der Waals surface area contributed by atoms with Gasteiger partial charge in [-0.1, -0.05) is 13.0 Å². The fourth-order valence-electron chi connectivity index (χ4n) is 1.88. The summed E-state index contributed by atoms with van der Waals surface area (Å²) in [6, 6.07) is 6.93. The van der Waals surface area contributed by atoms with E-state index in [-0.39, 0.29) is 12.4 Å². The molecular weight excluding hydrogens is 269 g/mol. The lowest BCUT2D eigenvalue weighted by molar-refractivity contribution is -0.0867. The highest BCUT2D eigenvalue weighted by Crippen LogP contribution is 2.50. The van der Waals surface area contributed by atoms with Gasteiger partial charge in [0.05, 0.1) is 10.5 Å².